The van der Waals surface area contributed by atoms with Crippen molar-refractivity contribution in [3.05, 3.63) is 35.9 Å². The second-order valence-electron chi connectivity index (χ2n) is 3.43. The molecule has 0 fully saturated rings. The van der Waals surface area contributed by atoms with E-state index in [2.05, 4.69) is 10.1 Å². The van der Waals surface area contributed by atoms with Gasteiger partial charge in [0.2, 0.25) is 0 Å². The first-order chi connectivity index (χ1) is 8.01. The predicted octanol–water partition coefficient (Wildman–Crippen LogP) is 2.86. The van der Waals surface area contributed by atoms with Crippen molar-refractivity contribution >= 4 is 6.08 Å². The Morgan fingerprint density at radius 2 is 1.88 bits per heavy atom. The van der Waals surface area contributed by atoms with E-state index in [9.17, 15) is 13.2 Å². The topological polar surface area (TPSA) is 21.3 Å². The van der Waals surface area contributed by atoms with Gasteiger partial charge in [-0.05, 0) is 24.7 Å². The van der Waals surface area contributed by atoms with Crippen LogP contribution >= 0.6 is 0 Å². The lowest BCUT2D eigenvalue weighted by Gasteiger charge is -2.08. The Kier molecular flexibility index (Phi) is 5.03. The van der Waals surface area contributed by atoms with Gasteiger partial charge in [-0.2, -0.15) is 13.2 Å². The third-order valence-corrected chi connectivity index (χ3v) is 1.91. The lowest BCUT2D eigenvalue weighted by molar-refractivity contribution is -0.153. The molecule has 0 amide bonds. The van der Waals surface area contributed by atoms with Crippen LogP contribution in [0, 0.1) is 0 Å². The zero-order valence-corrected chi connectivity index (χ0v) is 9.42. The van der Waals surface area contributed by atoms with E-state index in [-0.39, 0.29) is 5.75 Å². The summed E-state index contributed by atoms with van der Waals surface area (Å²) >= 11 is 0. The SMILES string of the molecule is CNCC=Cc1ccc(OCC(F)(F)F)cc1. The van der Waals surface area contributed by atoms with E-state index in [0.717, 1.165) is 12.1 Å². The Morgan fingerprint density at radius 3 is 2.41 bits per heavy atom. The maximum absolute atomic E-state index is 11.9. The summed E-state index contributed by atoms with van der Waals surface area (Å²) in [6.45, 7) is -0.520. The summed E-state index contributed by atoms with van der Waals surface area (Å²) in [6, 6.07) is 6.45. The van der Waals surface area contributed by atoms with E-state index < -0.39 is 12.8 Å². The molecule has 0 saturated carbocycles. The first-order valence-electron chi connectivity index (χ1n) is 5.12. The number of rotatable bonds is 5. The summed E-state index contributed by atoms with van der Waals surface area (Å²) in [5.41, 5.74) is 0.916. The van der Waals surface area contributed by atoms with Crippen molar-refractivity contribution in [1.29, 1.82) is 0 Å². The van der Waals surface area contributed by atoms with Gasteiger partial charge in [0.1, 0.15) is 5.75 Å². The van der Waals surface area contributed by atoms with Crippen molar-refractivity contribution in [2.75, 3.05) is 20.2 Å². The number of halogens is 3. The Balaban J connectivity index is 2.50. The maximum atomic E-state index is 11.9. The van der Waals surface area contributed by atoms with E-state index in [4.69, 9.17) is 0 Å². The molecule has 17 heavy (non-hydrogen) atoms. The van der Waals surface area contributed by atoms with Gasteiger partial charge in [0.25, 0.3) is 0 Å². The molecule has 0 heterocycles. The number of ether oxygens (including phenoxy) is 1. The zero-order valence-electron chi connectivity index (χ0n) is 9.42. The number of hydrogen-bond donors (Lipinski definition) is 1. The lowest BCUT2D eigenvalue weighted by Crippen LogP contribution is -2.19. The molecule has 0 aliphatic rings. The molecule has 94 valence electrons. The van der Waals surface area contributed by atoms with Crippen molar-refractivity contribution in [2.45, 2.75) is 6.18 Å². The van der Waals surface area contributed by atoms with Gasteiger partial charge >= 0.3 is 6.18 Å². The number of hydrogen-bond acceptors (Lipinski definition) is 2. The van der Waals surface area contributed by atoms with Gasteiger partial charge in [-0.15, -0.1) is 0 Å². The Bertz CT molecular complexity index is 357. The Hall–Kier alpha value is -1.49. The average molecular weight is 245 g/mol. The highest BCUT2D eigenvalue weighted by atomic mass is 19.4. The minimum Gasteiger partial charge on any atom is -0.484 e. The molecule has 0 bridgehead atoms. The van der Waals surface area contributed by atoms with Crippen LogP contribution in [0.5, 0.6) is 5.75 Å². The predicted molar refractivity (Wildman–Crippen MR) is 61.0 cm³/mol. The quantitative estimate of drug-likeness (QED) is 0.861. The monoisotopic (exact) mass is 245 g/mol. The molecule has 0 saturated heterocycles. The molecule has 0 spiro atoms. The standard InChI is InChI=1S/C12H14F3NO/c1-16-8-2-3-10-4-6-11(7-5-10)17-9-12(13,14)15/h2-7,16H,8-9H2,1H3. The molecule has 5 heteroatoms. The Labute approximate surface area is 98.1 Å². The van der Waals surface area contributed by atoms with Crippen LogP contribution in [-0.2, 0) is 0 Å². The molecule has 0 radical (unpaired) electrons. The van der Waals surface area contributed by atoms with E-state index in [1.54, 1.807) is 12.1 Å². The number of nitrogens with one attached hydrogen (secondary N) is 1. The fraction of sp³-hybridized carbons (Fsp3) is 0.333. The average Bonchev–Trinajstić information content (AvgIpc) is 2.27. The second kappa shape index (κ2) is 6.30. The van der Waals surface area contributed by atoms with E-state index in [1.165, 1.54) is 12.1 Å². The summed E-state index contributed by atoms with van der Waals surface area (Å²) in [6.07, 6.45) is -0.499. The van der Waals surface area contributed by atoms with E-state index >= 15 is 0 Å². The normalized spacial score (nSPS) is 12.0. The zero-order chi connectivity index (χ0) is 12.7. The minimum absolute atomic E-state index is 0.216. The fourth-order valence-corrected chi connectivity index (χ4v) is 1.15. The molecule has 0 unspecified atom stereocenters. The van der Waals surface area contributed by atoms with Crippen LogP contribution < -0.4 is 10.1 Å². The highest BCUT2D eigenvalue weighted by Crippen LogP contribution is 2.19. The summed E-state index contributed by atoms with van der Waals surface area (Å²) in [4.78, 5) is 0. The maximum Gasteiger partial charge on any atom is 0.422 e. The third-order valence-electron chi connectivity index (χ3n) is 1.91. The Morgan fingerprint density at radius 1 is 1.24 bits per heavy atom. The van der Waals surface area contributed by atoms with Crippen LogP contribution in [0.15, 0.2) is 30.3 Å². The summed E-state index contributed by atoms with van der Waals surface area (Å²) < 4.78 is 40.2. The molecule has 1 aromatic rings. The van der Waals surface area contributed by atoms with Crippen molar-refractivity contribution in [3.63, 3.8) is 0 Å². The van der Waals surface area contributed by atoms with Gasteiger partial charge in [-0.25, -0.2) is 0 Å². The van der Waals surface area contributed by atoms with Crippen LogP contribution in [0.3, 0.4) is 0 Å². The fourth-order valence-electron chi connectivity index (χ4n) is 1.15. The van der Waals surface area contributed by atoms with Crippen LogP contribution in [0.4, 0.5) is 13.2 Å². The molecule has 1 rings (SSSR count). The lowest BCUT2D eigenvalue weighted by atomic mass is 10.2. The van der Waals surface area contributed by atoms with Crippen LogP contribution in [0.1, 0.15) is 5.56 Å². The number of likely N-dealkylation sites (N-methyl/N-ethyl adjacent to an activating group) is 1. The van der Waals surface area contributed by atoms with Gasteiger partial charge < -0.3 is 10.1 Å². The largest absolute Gasteiger partial charge is 0.484 e. The van der Waals surface area contributed by atoms with Crippen LogP contribution in [-0.4, -0.2) is 26.4 Å². The number of alkyl halides is 3. The second-order valence-corrected chi connectivity index (χ2v) is 3.43. The van der Waals surface area contributed by atoms with Gasteiger partial charge in [0.15, 0.2) is 6.61 Å². The molecule has 0 aliphatic carbocycles. The molecule has 0 aliphatic heterocycles. The molecular weight excluding hydrogens is 231 g/mol. The number of benzene rings is 1. The highest BCUT2D eigenvalue weighted by molar-refractivity contribution is 5.50. The first-order valence-corrected chi connectivity index (χ1v) is 5.12. The van der Waals surface area contributed by atoms with Gasteiger partial charge in [-0.1, -0.05) is 24.3 Å². The van der Waals surface area contributed by atoms with Crippen molar-refractivity contribution in [2.24, 2.45) is 0 Å². The van der Waals surface area contributed by atoms with Crippen molar-refractivity contribution in [3.8, 4) is 5.75 Å². The summed E-state index contributed by atoms with van der Waals surface area (Å²) in [7, 11) is 1.83. The third kappa shape index (κ3) is 5.97. The van der Waals surface area contributed by atoms with Crippen molar-refractivity contribution in [1.82, 2.24) is 5.32 Å². The molecular formula is C12H14F3NO. The van der Waals surface area contributed by atoms with Crippen molar-refractivity contribution < 1.29 is 17.9 Å². The van der Waals surface area contributed by atoms with Gasteiger partial charge in [0, 0.05) is 6.54 Å². The molecule has 1 N–H and O–H groups in total. The summed E-state index contributed by atoms with van der Waals surface area (Å²) in [5, 5.41) is 2.95. The van der Waals surface area contributed by atoms with E-state index in [1.807, 2.05) is 19.2 Å². The summed E-state index contributed by atoms with van der Waals surface area (Å²) in [5.74, 6) is 0.216. The molecule has 0 atom stereocenters. The van der Waals surface area contributed by atoms with Gasteiger partial charge in [0.05, 0.1) is 0 Å². The molecule has 1 aromatic carbocycles. The minimum atomic E-state index is -4.30. The van der Waals surface area contributed by atoms with Crippen LogP contribution in [0.25, 0.3) is 6.08 Å². The van der Waals surface area contributed by atoms with Crippen LogP contribution in [0.2, 0.25) is 0 Å². The highest BCUT2D eigenvalue weighted by Gasteiger charge is 2.28. The smallest absolute Gasteiger partial charge is 0.422 e. The first kappa shape index (κ1) is 13.6. The van der Waals surface area contributed by atoms with E-state index in [0.29, 0.717) is 0 Å². The van der Waals surface area contributed by atoms with Gasteiger partial charge in [-0.3, -0.25) is 0 Å². The molecule has 0 aromatic heterocycles. The molecule has 2 nitrogen and oxygen atoms in total.